The fraction of sp³-hybridized carbons (Fsp3) is 0.571. The van der Waals surface area contributed by atoms with Crippen molar-refractivity contribution in [1.29, 1.82) is 0 Å². The van der Waals surface area contributed by atoms with Crippen LogP contribution in [0, 0.1) is 11.8 Å². The van der Waals surface area contributed by atoms with Crippen LogP contribution in [0.2, 0.25) is 0 Å². The van der Waals surface area contributed by atoms with Crippen molar-refractivity contribution >= 4 is 39.1 Å². The number of rotatable bonds is 6. The monoisotopic (exact) mass is 492 g/mol. The summed E-state index contributed by atoms with van der Waals surface area (Å²) in [6.45, 7) is 2.25. The first-order valence-corrected chi connectivity index (χ1v) is 12.0. The molecule has 3 saturated heterocycles. The first kappa shape index (κ1) is 20.4. The first-order chi connectivity index (χ1) is 14.5. The summed E-state index contributed by atoms with van der Waals surface area (Å²) in [6, 6.07) is 5.87. The van der Waals surface area contributed by atoms with E-state index >= 15 is 0 Å². The van der Waals surface area contributed by atoms with Gasteiger partial charge in [-0.3, -0.25) is 19.4 Å². The third-order valence-corrected chi connectivity index (χ3v) is 8.22. The molecule has 7 nitrogen and oxygen atoms in total. The molecule has 0 spiro atoms. The molecule has 9 heteroatoms. The van der Waals surface area contributed by atoms with Crippen LogP contribution in [0.15, 0.2) is 26.5 Å². The SMILES string of the molecule is CN(C)CCCN1C(=O)[C@@H]2[C@H](C1=O)[C@H]1CCCN1[C@@H]2c1cc(-c2ccc(Br)s2)on1. The maximum atomic E-state index is 13.4. The fourth-order valence-corrected chi connectivity index (χ4v) is 6.71. The summed E-state index contributed by atoms with van der Waals surface area (Å²) in [7, 11) is 4.01. The highest BCUT2D eigenvalue weighted by Gasteiger charge is 2.63. The number of hydrogen-bond acceptors (Lipinski definition) is 7. The van der Waals surface area contributed by atoms with Gasteiger partial charge in [0, 0.05) is 18.7 Å². The van der Waals surface area contributed by atoms with E-state index in [1.54, 1.807) is 11.3 Å². The van der Waals surface area contributed by atoms with Crippen molar-refractivity contribution in [2.24, 2.45) is 11.8 Å². The van der Waals surface area contributed by atoms with E-state index in [2.05, 4.69) is 30.9 Å². The van der Waals surface area contributed by atoms with E-state index in [0.717, 1.165) is 46.7 Å². The lowest BCUT2D eigenvalue weighted by molar-refractivity contribution is -0.141. The molecule has 2 aromatic heterocycles. The molecule has 0 N–H and O–H groups in total. The van der Waals surface area contributed by atoms with Gasteiger partial charge in [0.05, 0.1) is 26.5 Å². The van der Waals surface area contributed by atoms with Gasteiger partial charge in [0.15, 0.2) is 5.76 Å². The van der Waals surface area contributed by atoms with Gasteiger partial charge < -0.3 is 9.42 Å². The molecule has 0 aliphatic carbocycles. The molecule has 5 rings (SSSR count). The van der Waals surface area contributed by atoms with E-state index in [1.165, 1.54) is 4.90 Å². The van der Waals surface area contributed by atoms with Crippen molar-refractivity contribution in [1.82, 2.24) is 19.9 Å². The molecule has 4 atom stereocenters. The number of imide groups is 1. The second-order valence-electron chi connectivity index (χ2n) is 8.65. The minimum Gasteiger partial charge on any atom is -0.355 e. The molecule has 2 amide bonds. The zero-order chi connectivity index (χ0) is 21.0. The van der Waals surface area contributed by atoms with Gasteiger partial charge >= 0.3 is 0 Å². The van der Waals surface area contributed by atoms with Crippen molar-refractivity contribution in [2.45, 2.75) is 31.3 Å². The Bertz CT molecular complexity index is 973. The Hall–Kier alpha value is -1.55. The second kappa shape index (κ2) is 7.85. The number of fused-ring (bicyclic) bond motifs is 3. The van der Waals surface area contributed by atoms with Gasteiger partial charge in [-0.05, 0) is 74.5 Å². The molecule has 3 aliphatic rings. The normalized spacial score (nSPS) is 28.7. The van der Waals surface area contributed by atoms with Crippen LogP contribution in [0.3, 0.4) is 0 Å². The van der Waals surface area contributed by atoms with Crippen molar-refractivity contribution in [3.63, 3.8) is 0 Å². The standard InChI is InChI=1S/C21H25BrN4O3S/c1-24(2)8-4-10-26-20(27)17-13-5-3-9-25(13)19(18(17)21(26)28)12-11-14(29-23-12)15-6-7-16(22)30-15/h6-7,11,13,17-19H,3-5,8-10H2,1-2H3/t13-,17-,18-,19-/m1/s1. The highest BCUT2D eigenvalue weighted by Crippen LogP contribution is 2.53. The molecule has 30 heavy (non-hydrogen) atoms. The number of thiophene rings is 1. The average Bonchev–Trinajstić information content (AvgIpc) is 3.47. The Labute approximate surface area is 188 Å². The van der Waals surface area contributed by atoms with Gasteiger partial charge in [-0.15, -0.1) is 11.3 Å². The molecule has 0 bridgehead atoms. The minimum atomic E-state index is -0.352. The molecule has 0 unspecified atom stereocenters. The molecule has 2 aromatic rings. The molecule has 3 fully saturated rings. The van der Waals surface area contributed by atoms with Crippen molar-refractivity contribution in [3.05, 3.63) is 27.7 Å². The van der Waals surface area contributed by atoms with E-state index in [1.807, 2.05) is 32.3 Å². The molecular weight excluding hydrogens is 468 g/mol. The summed E-state index contributed by atoms with van der Waals surface area (Å²) in [5, 5.41) is 4.36. The van der Waals surface area contributed by atoms with Crippen molar-refractivity contribution in [2.75, 3.05) is 33.7 Å². The molecule has 160 valence electrons. The quantitative estimate of drug-likeness (QED) is 0.576. The number of halogens is 1. The number of amides is 2. The maximum absolute atomic E-state index is 13.4. The Morgan fingerprint density at radius 1 is 1.27 bits per heavy atom. The van der Waals surface area contributed by atoms with Gasteiger partial charge in [-0.25, -0.2) is 0 Å². The van der Waals surface area contributed by atoms with Crippen LogP contribution in [0.25, 0.3) is 10.6 Å². The van der Waals surface area contributed by atoms with Gasteiger partial charge in [0.25, 0.3) is 0 Å². The first-order valence-electron chi connectivity index (χ1n) is 10.4. The average molecular weight is 493 g/mol. The zero-order valence-electron chi connectivity index (χ0n) is 17.1. The maximum Gasteiger partial charge on any atom is 0.235 e. The minimum absolute atomic E-state index is 0.00839. The van der Waals surface area contributed by atoms with Crippen LogP contribution in [-0.4, -0.2) is 71.4 Å². The lowest BCUT2D eigenvalue weighted by Gasteiger charge is -2.27. The number of aromatic nitrogens is 1. The summed E-state index contributed by atoms with van der Waals surface area (Å²) in [6.07, 6.45) is 2.81. The molecule has 3 aliphatic heterocycles. The number of likely N-dealkylation sites (tertiary alicyclic amines) is 1. The topological polar surface area (TPSA) is 69.9 Å². The molecular formula is C21H25BrN4O3S. The Balaban J connectivity index is 1.43. The third-order valence-electron chi connectivity index (χ3n) is 6.58. The van der Waals surface area contributed by atoms with E-state index in [-0.39, 0.29) is 35.7 Å². The summed E-state index contributed by atoms with van der Waals surface area (Å²) in [5.41, 5.74) is 0.769. The third kappa shape index (κ3) is 3.26. The van der Waals surface area contributed by atoms with Gasteiger partial charge in [0.1, 0.15) is 5.69 Å². The van der Waals surface area contributed by atoms with Crippen LogP contribution >= 0.6 is 27.3 Å². The van der Waals surface area contributed by atoms with Crippen molar-refractivity contribution in [3.8, 4) is 10.6 Å². The lowest BCUT2D eigenvalue weighted by Crippen LogP contribution is -2.40. The van der Waals surface area contributed by atoms with E-state index in [9.17, 15) is 9.59 Å². The van der Waals surface area contributed by atoms with Crippen LogP contribution in [0.5, 0.6) is 0 Å². The van der Waals surface area contributed by atoms with Crippen LogP contribution in [-0.2, 0) is 9.59 Å². The van der Waals surface area contributed by atoms with Gasteiger partial charge in [-0.2, -0.15) is 0 Å². The predicted molar refractivity (Wildman–Crippen MR) is 117 cm³/mol. The summed E-state index contributed by atoms with van der Waals surface area (Å²) < 4.78 is 6.68. The Morgan fingerprint density at radius 2 is 2.07 bits per heavy atom. The fourth-order valence-electron chi connectivity index (χ4n) is 5.37. The number of carbonyl (C=O) groups excluding carboxylic acids is 2. The van der Waals surface area contributed by atoms with E-state index < -0.39 is 0 Å². The van der Waals surface area contributed by atoms with Crippen LogP contribution in [0.4, 0.5) is 0 Å². The number of hydrogen-bond donors (Lipinski definition) is 0. The van der Waals surface area contributed by atoms with Gasteiger partial charge in [0.2, 0.25) is 11.8 Å². The summed E-state index contributed by atoms with van der Waals surface area (Å²) in [5.74, 6) is 0.0794. The number of nitrogens with zero attached hydrogens (tertiary/aromatic N) is 4. The van der Waals surface area contributed by atoms with E-state index in [0.29, 0.717) is 12.3 Å². The molecule has 0 saturated carbocycles. The predicted octanol–water partition coefficient (Wildman–Crippen LogP) is 3.24. The molecule has 0 radical (unpaired) electrons. The Kier molecular flexibility index (Phi) is 5.33. The second-order valence-corrected chi connectivity index (χ2v) is 11.1. The van der Waals surface area contributed by atoms with Crippen LogP contribution < -0.4 is 0 Å². The summed E-state index contributed by atoms with van der Waals surface area (Å²) >= 11 is 5.07. The summed E-state index contributed by atoms with van der Waals surface area (Å²) in [4.78, 5) is 33.5. The van der Waals surface area contributed by atoms with Crippen LogP contribution in [0.1, 0.15) is 31.0 Å². The zero-order valence-corrected chi connectivity index (χ0v) is 19.5. The number of carbonyl (C=O) groups is 2. The smallest absolute Gasteiger partial charge is 0.235 e. The molecule has 5 heterocycles. The molecule has 0 aromatic carbocycles. The van der Waals surface area contributed by atoms with Crippen molar-refractivity contribution < 1.29 is 14.1 Å². The highest BCUT2D eigenvalue weighted by atomic mass is 79.9. The lowest BCUT2D eigenvalue weighted by atomic mass is 9.86. The van der Waals surface area contributed by atoms with Gasteiger partial charge in [-0.1, -0.05) is 5.16 Å². The van der Waals surface area contributed by atoms with E-state index in [4.69, 9.17) is 4.52 Å². The Morgan fingerprint density at radius 3 is 2.80 bits per heavy atom. The highest BCUT2D eigenvalue weighted by molar-refractivity contribution is 9.11. The largest absolute Gasteiger partial charge is 0.355 e.